The van der Waals surface area contributed by atoms with Crippen molar-refractivity contribution in [3.05, 3.63) is 48.0 Å². The van der Waals surface area contributed by atoms with Gasteiger partial charge in [-0.15, -0.1) is 12.4 Å². The maximum atomic E-state index is 12.5. The molecule has 3 N–H and O–H groups in total. The van der Waals surface area contributed by atoms with E-state index in [2.05, 4.69) is 35.6 Å². The highest BCUT2D eigenvalue weighted by Gasteiger charge is 2.35. The van der Waals surface area contributed by atoms with Gasteiger partial charge in [0.25, 0.3) is 0 Å². The third-order valence-corrected chi connectivity index (χ3v) is 4.82. The van der Waals surface area contributed by atoms with Crippen LogP contribution in [0.15, 0.2) is 42.5 Å². The van der Waals surface area contributed by atoms with Gasteiger partial charge in [0.15, 0.2) is 0 Å². The number of fused-ring (bicyclic) bond motifs is 1. The maximum absolute atomic E-state index is 12.5. The molecule has 23 heavy (non-hydrogen) atoms. The zero-order valence-corrected chi connectivity index (χ0v) is 14.4. The quantitative estimate of drug-likeness (QED) is 0.889. The molecule has 3 rings (SSSR count). The van der Waals surface area contributed by atoms with Crippen LogP contribution in [0.1, 0.15) is 50.6 Å². The van der Waals surface area contributed by atoms with Crippen molar-refractivity contribution in [1.82, 2.24) is 5.32 Å². The molecule has 0 spiro atoms. The molecule has 0 bridgehead atoms. The summed E-state index contributed by atoms with van der Waals surface area (Å²) in [6, 6.07) is 14.6. The second-order valence-electron chi connectivity index (χ2n) is 6.52. The highest BCUT2D eigenvalue weighted by molar-refractivity contribution is 5.87. The van der Waals surface area contributed by atoms with Crippen LogP contribution in [0.5, 0.6) is 0 Å². The molecule has 0 saturated heterocycles. The van der Waals surface area contributed by atoms with Crippen LogP contribution in [0.3, 0.4) is 0 Å². The molecule has 2 aromatic rings. The topological polar surface area (TPSA) is 55.1 Å². The van der Waals surface area contributed by atoms with E-state index in [1.807, 2.05) is 19.1 Å². The molecule has 0 radical (unpaired) electrons. The van der Waals surface area contributed by atoms with Crippen molar-refractivity contribution in [3.8, 4) is 0 Å². The van der Waals surface area contributed by atoms with Gasteiger partial charge in [-0.25, -0.2) is 0 Å². The number of hydrogen-bond donors (Lipinski definition) is 2. The van der Waals surface area contributed by atoms with Gasteiger partial charge in [0, 0.05) is 0 Å². The zero-order chi connectivity index (χ0) is 15.6. The number of carbonyl (C=O) groups excluding carboxylic acids is 1. The summed E-state index contributed by atoms with van der Waals surface area (Å²) in [6.07, 6.45) is 4.88. The Morgan fingerprint density at radius 1 is 1.09 bits per heavy atom. The van der Waals surface area contributed by atoms with Gasteiger partial charge in [0.05, 0.1) is 11.6 Å². The van der Waals surface area contributed by atoms with Crippen molar-refractivity contribution in [3.63, 3.8) is 0 Å². The minimum absolute atomic E-state index is 0. The number of benzene rings is 2. The molecule has 1 fully saturated rings. The van der Waals surface area contributed by atoms with Crippen molar-refractivity contribution < 1.29 is 4.79 Å². The summed E-state index contributed by atoms with van der Waals surface area (Å²) in [5.74, 6) is -0.00661. The summed E-state index contributed by atoms with van der Waals surface area (Å²) in [7, 11) is 0. The maximum Gasteiger partial charge on any atom is 0.240 e. The average molecular weight is 333 g/mol. The molecule has 124 valence electrons. The van der Waals surface area contributed by atoms with Crippen LogP contribution in [0.4, 0.5) is 0 Å². The Morgan fingerprint density at radius 2 is 1.74 bits per heavy atom. The summed E-state index contributed by atoms with van der Waals surface area (Å²) in [4.78, 5) is 12.5. The van der Waals surface area contributed by atoms with Crippen LogP contribution in [-0.4, -0.2) is 11.4 Å². The molecule has 1 amide bonds. The third kappa shape index (κ3) is 3.85. The van der Waals surface area contributed by atoms with Gasteiger partial charge < -0.3 is 11.1 Å². The number of amides is 1. The fraction of sp³-hybridized carbons (Fsp3) is 0.421. The second kappa shape index (κ2) is 7.33. The number of hydrogen-bond acceptors (Lipinski definition) is 2. The van der Waals surface area contributed by atoms with Gasteiger partial charge in [0.2, 0.25) is 5.91 Å². The first-order valence-electron chi connectivity index (χ1n) is 8.17. The summed E-state index contributed by atoms with van der Waals surface area (Å²) in [5.41, 5.74) is 6.75. The molecule has 1 atom stereocenters. The predicted octanol–water partition coefficient (Wildman–Crippen LogP) is 4.10. The van der Waals surface area contributed by atoms with E-state index >= 15 is 0 Å². The summed E-state index contributed by atoms with van der Waals surface area (Å²) < 4.78 is 0. The van der Waals surface area contributed by atoms with Gasteiger partial charge >= 0.3 is 0 Å². The lowest BCUT2D eigenvalue weighted by molar-refractivity contribution is -0.128. The molecule has 1 aliphatic rings. The Kier molecular flexibility index (Phi) is 5.66. The number of nitrogens with two attached hydrogens (primary N) is 1. The van der Waals surface area contributed by atoms with Crippen LogP contribution >= 0.6 is 12.4 Å². The van der Waals surface area contributed by atoms with Crippen LogP contribution < -0.4 is 11.1 Å². The monoisotopic (exact) mass is 332 g/mol. The van der Waals surface area contributed by atoms with Crippen LogP contribution in [-0.2, 0) is 4.79 Å². The molecule has 2 aromatic carbocycles. The van der Waals surface area contributed by atoms with E-state index in [1.165, 1.54) is 17.2 Å². The van der Waals surface area contributed by atoms with Gasteiger partial charge in [-0.1, -0.05) is 55.7 Å². The largest absolute Gasteiger partial charge is 0.348 e. The van der Waals surface area contributed by atoms with E-state index in [0.717, 1.165) is 31.2 Å². The Bertz CT molecular complexity index is 680. The van der Waals surface area contributed by atoms with Crippen LogP contribution in [0.25, 0.3) is 10.8 Å². The summed E-state index contributed by atoms with van der Waals surface area (Å²) in [5, 5.41) is 5.52. The zero-order valence-electron chi connectivity index (χ0n) is 13.5. The Balaban J connectivity index is 0.00000192. The van der Waals surface area contributed by atoms with E-state index < -0.39 is 5.54 Å². The number of nitrogens with one attached hydrogen (secondary N) is 1. The lowest BCUT2D eigenvalue weighted by Crippen LogP contribution is -2.55. The second-order valence-corrected chi connectivity index (χ2v) is 6.52. The van der Waals surface area contributed by atoms with E-state index in [9.17, 15) is 4.79 Å². The van der Waals surface area contributed by atoms with Crippen molar-refractivity contribution >= 4 is 29.1 Å². The summed E-state index contributed by atoms with van der Waals surface area (Å²) >= 11 is 0. The first-order chi connectivity index (χ1) is 10.6. The lowest BCUT2D eigenvalue weighted by atomic mass is 9.81. The van der Waals surface area contributed by atoms with Gasteiger partial charge in [-0.2, -0.15) is 0 Å². The molecule has 4 heteroatoms. The molecular formula is C19H25ClN2O. The minimum atomic E-state index is -0.677. The van der Waals surface area contributed by atoms with E-state index in [-0.39, 0.29) is 24.4 Å². The van der Waals surface area contributed by atoms with Crippen LogP contribution in [0, 0.1) is 0 Å². The number of carbonyl (C=O) groups is 1. The minimum Gasteiger partial charge on any atom is -0.348 e. The first kappa shape index (κ1) is 17.8. The van der Waals surface area contributed by atoms with Crippen molar-refractivity contribution in [2.75, 3.05) is 0 Å². The van der Waals surface area contributed by atoms with E-state index in [1.54, 1.807) is 0 Å². The number of rotatable bonds is 3. The highest BCUT2D eigenvalue weighted by atomic mass is 35.5. The average Bonchev–Trinajstić information content (AvgIpc) is 2.55. The molecule has 1 saturated carbocycles. The Hall–Kier alpha value is -1.58. The smallest absolute Gasteiger partial charge is 0.240 e. The van der Waals surface area contributed by atoms with Crippen molar-refractivity contribution in [2.45, 2.75) is 50.6 Å². The molecule has 0 aliphatic heterocycles. The normalized spacial score (nSPS) is 18.0. The Morgan fingerprint density at radius 3 is 2.43 bits per heavy atom. The molecule has 1 aliphatic carbocycles. The third-order valence-electron chi connectivity index (χ3n) is 4.82. The lowest BCUT2D eigenvalue weighted by Gasteiger charge is -2.33. The fourth-order valence-electron chi connectivity index (χ4n) is 3.31. The molecule has 1 unspecified atom stereocenters. The predicted molar refractivity (Wildman–Crippen MR) is 97.8 cm³/mol. The summed E-state index contributed by atoms with van der Waals surface area (Å²) in [6.45, 7) is 2.02. The number of halogens is 1. The molecular weight excluding hydrogens is 308 g/mol. The molecule has 3 nitrogen and oxygen atoms in total. The highest BCUT2D eigenvalue weighted by Crippen LogP contribution is 2.27. The van der Waals surface area contributed by atoms with Gasteiger partial charge in [-0.05, 0) is 42.2 Å². The molecule has 0 aromatic heterocycles. The standard InChI is InChI=1S/C19H24N2O.ClH/c1-14(21-18(22)19(20)11-5-2-6-12-19)16-10-9-15-7-3-4-8-17(15)13-16;/h3-4,7-10,13-14H,2,5-6,11-12,20H2,1H3,(H,21,22);1H. The fourth-order valence-corrected chi connectivity index (χ4v) is 3.31. The van der Waals surface area contributed by atoms with E-state index in [0.29, 0.717) is 0 Å². The van der Waals surface area contributed by atoms with Gasteiger partial charge in [0.1, 0.15) is 0 Å². The van der Waals surface area contributed by atoms with Crippen molar-refractivity contribution in [2.24, 2.45) is 5.73 Å². The molecule has 0 heterocycles. The van der Waals surface area contributed by atoms with E-state index in [4.69, 9.17) is 5.73 Å². The Labute approximate surface area is 144 Å². The van der Waals surface area contributed by atoms with Crippen molar-refractivity contribution in [1.29, 1.82) is 0 Å². The van der Waals surface area contributed by atoms with Crippen LogP contribution in [0.2, 0.25) is 0 Å². The van der Waals surface area contributed by atoms with Gasteiger partial charge in [-0.3, -0.25) is 4.79 Å². The first-order valence-corrected chi connectivity index (χ1v) is 8.17. The SMILES string of the molecule is CC(NC(=O)C1(N)CCCCC1)c1ccc2ccccc2c1.Cl.